The summed E-state index contributed by atoms with van der Waals surface area (Å²) >= 11 is 0. The summed E-state index contributed by atoms with van der Waals surface area (Å²) in [5.41, 5.74) is 0. The van der Waals surface area contributed by atoms with Gasteiger partial charge in [0.25, 0.3) is 0 Å². The standard InChI is InChI=1S/CH2O.HNO5S/c1-2;2-1-6-7(3,4)5/h1H2;(H,3,4,5). The zero-order chi connectivity index (χ0) is 7.91. The molecule has 0 saturated carbocycles. The highest BCUT2D eigenvalue weighted by Crippen LogP contribution is 1.82. The smallest absolute Gasteiger partial charge is 0.307 e. The summed E-state index contributed by atoms with van der Waals surface area (Å²) in [5, 5.41) is 1.42. The maximum absolute atomic E-state index is 9.27. The van der Waals surface area contributed by atoms with E-state index in [0.717, 1.165) is 0 Å². The van der Waals surface area contributed by atoms with Crippen molar-refractivity contribution in [2.75, 3.05) is 0 Å². The molecule has 0 amide bonds. The Kier molecular flexibility index (Phi) is 6.19. The van der Waals surface area contributed by atoms with Crippen LogP contribution >= 0.6 is 0 Å². The molecule has 9 heavy (non-hydrogen) atoms. The fourth-order valence-electron chi connectivity index (χ4n) is 0.0385. The fraction of sp³-hybridized carbons (Fsp3) is 0. The molecule has 54 valence electrons. The van der Waals surface area contributed by atoms with Crippen LogP contribution in [-0.4, -0.2) is 19.8 Å². The Hall–Kier alpha value is -1.02. The maximum atomic E-state index is 9.27. The lowest BCUT2D eigenvalue weighted by Gasteiger charge is -1.80. The largest absolute Gasteiger partial charge is 0.468 e. The SMILES string of the molecule is C=O.O=NOS(=O)(=O)O. The van der Waals surface area contributed by atoms with E-state index >= 15 is 0 Å². The lowest BCUT2D eigenvalue weighted by atomic mass is 11.9. The second-order valence-corrected chi connectivity index (χ2v) is 1.58. The van der Waals surface area contributed by atoms with Gasteiger partial charge in [-0.25, -0.2) is 4.28 Å². The average molecular weight is 157 g/mol. The van der Waals surface area contributed by atoms with E-state index in [0.29, 0.717) is 0 Å². The van der Waals surface area contributed by atoms with E-state index in [2.05, 4.69) is 4.28 Å². The van der Waals surface area contributed by atoms with Crippen LogP contribution in [0.2, 0.25) is 0 Å². The number of carbonyl (C=O) groups is 1. The number of hydrogen-bond donors (Lipinski definition) is 1. The Morgan fingerprint density at radius 1 is 1.44 bits per heavy atom. The average Bonchev–Trinajstić information content (AvgIpc) is 1.69. The Morgan fingerprint density at radius 3 is 1.78 bits per heavy atom. The van der Waals surface area contributed by atoms with Gasteiger partial charge in [0.05, 0.1) is 0 Å². The van der Waals surface area contributed by atoms with Gasteiger partial charge in [-0.3, -0.25) is 4.55 Å². The number of rotatable bonds is 2. The summed E-state index contributed by atoms with van der Waals surface area (Å²) < 4.78 is 28.8. The molecule has 0 aliphatic carbocycles. The number of nitrogens with zero attached hydrogens (tertiary/aromatic N) is 1. The van der Waals surface area contributed by atoms with Crippen LogP contribution in [0.25, 0.3) is 0 Å². The fourth-order valence-corrected chi connectivity index (χ4v) is 0.115. The molecule has 0 bridgehead atoms. The Labute approximate surface area is 50.5 Å². The quantitative estimate of drug-likeness (QED) is 0.322. The molecule has 0 aromatic carbocycles. The van der Waals surface area contributed by atoms with Crippen molar-refractivity contribution < 1.29 is 22.0 Å². The van der Waals surface area contributed by atoms with Crippen molar-refractivity contribution in [3.8, 4) is 0 Å². The van der Waals surface area contributed by atoms with Crippen molar-refractivity contribution in [1.82, 2.24) is 0 Å². The molecule has 0 heterocycles. The van der Waals surface area contributed by atoms with E-state index in [9.17, 15) is 8.42 Å². The molecule has 1 N–H and O–H groups in total. The third kappa shape index (κ3) is 19.5. The molecule has 0 aliphatic heterocycles. The summed E-state index contributed by atoms with van der Waals surface area (Å²) in [7, 11) is -4.65. The van der Waals surface area contributed by atoms with Gasteiger partial charge >= 0.3 is 10.4 Å². The second-order valence-electron chi connectivity index (χ2n) is 0.577. The normalized spacial score (nSPS) is 8.56. The van der Waals surface area contributed by atoms with Crippen LogP contribution in [0.5, 0.6) is 0 Å². The van der Waals surface area contributed by atoms with E-state index in [1.165, 1.54) is 5.34 Å². The topological polar surface area (TPSA) is 110 Å². The van der Waals surface area contributed by atoms with Crippen molar-refractivity contribution in [2.45, 2.75) is 0 Å². The van der Waals surface area contributed by atoms with Crippen LogP contribution in [0.15, 0.2) is 5.34 Å². The Morgan fingerprint density at radius 2 is 1.78 bits per heavy atom. The van der Waals surface area contributed by atoms with Crippen molar-refractivity contribution in [1.29, 1.82) is 0 Å². The first kappa shape index (κ1) is 10.9. The van der Waals surface area contributed by atoms with Crippen LogP contribution in [-0.2, 0) is 19.5 Å². The van der Waals surface area contributed by atoms with Crippen molar-refractivity contribution in [3.63, 3.8) is 0 Å². The third-order valence-corrected chi connectivity index (χ3v) is 0.374. The van der Waals surface area contributed by atoms with Gasteiger partial charge in [-0.2, -0.15) is 8.42 Å². The predicted octanol–water partition coefficient (Wildman–Crippen LogP) is -0.698. The molecule has 0 spiro atoms. The molecule has 0 aliphatic rings. The van der Waals surface area contributed by atoms with Gasteiger partial charge in [0.2, 0.25) is 0 Å². The molecule has 7 nitrogen and oxygen atoms in total. The number of hydrogen-bond acceptors (Lipinski definition) is 6. The molecule has 0 radical (unpaired) electrons. The second kappa shape index (κ2) is 5.12. The van der Waals surface area contributed by atoms with E-state index < -0.39 is 10.4 Å². The first-order valence-electron chi connectivity index (χ1n) is 1.34. The third-order valence-electron chi connectivity index (χ3n) is 0.125. The summed E-state index contributed by atoms with van der Waals surface area (Å²) in [4.78, 5) is 16.8. The van der Waals surface area contributed by atoms with E-state index in [4.69, 9.17) is 14.3 Å². The molecular weight excluding hydrogens is 154 g/mol. The monoisotopic (exact) mass is 157 g/mol. The van der Waals surface area contributed by atoms with Gasteiger partial charge < -0.3 is 4.79 Å². The highest BCUT2D eigenvalue weighted by Gasteiger charge is 2.01. The van der Waals surface area contributed by atoms with Crippen LogP contribution in [0.1, 0.15) is 0 Å². The molecule has 0 atom stereocenters. The van der Waals surface area contributed by atoms with Gasteiger partial charge in [-0.05, 0) is 0 Å². The highest BCUT2D eigenvalue weighted by molar-refractivity contribution is 7.80. The minimum atomic E-state index is -4.65. The first-order chi connectivity index (χ1) is 4.06. The van der Waals surface area contributed by atoms with Crippen molar-refractivity contribution in [2.24, 2.45) is 5.34 Å². The van der Waals surface area contributed by atoms with Gasteiger partial charge in [0, 0.05) is 0 Å². The van der Waals surface area contributed by atoms with Crippen LogP contribution < -0.4 is 0 Å². The molecule has 0 aromatic rings. The van der Waals surface area contributed by atoms with Gasteiger partial charge in [-0.15, -0.1) is 4.91 Å². The number of carbonyl (C=O) groups excluding carboxylic acids is 1. The van der Waals surface area contributed by atoms with Gasteiger partial charge in [0.1, 0.15) is 6.79 Å². The lowest BCUT2D eigenvalue weighted by molar-refractivity contribution is -0.0979. The summed E-state index contributed by atoms with van der Waals surface area (Å²) in [6, 6.07) is 0. The van der Waals surface area contributed by atoms with Gasteiger partial charge in [-0.1, -0.05) is 0 Å². The Balaban J connectivity index is 0. The van der Waals surface area contributed by atoms with Crippen molar-refractivity contribution in [3.05, 3.63) is 4.91 Å². The van der Waals surface area contributed by atoms with Crippen molar-refractivity contribution >= 4 is 17.2 Å². The summed E-state index contributed by atoms with van der Waals surface area (Å²) in [6.07, 6.45) is 0. The molecule has 0 fully saturated rings. The van der Waals surface area contributed by atoms with E-state index in [1.54, 1.807) is 0 Å². The summed E-state index contributed by atoms with van der Waals surface area (Å²) in [5.74, 6) is 0. The maximum Gasteiger partial charge on any atom is 0.468 e. The molecule has 0 aromatic heterocycles. The molecular formula is CH3NO6S. The van der Waals surface area contributed by atoms with E-state index in [-0.39, 0.29) is 0 Å². The van der Waals surface area contributed by atoms with Crippen LogP contribution in [0, 0.1) is 4.91 Å². The Bertz CT molecular complexity index is 158. The van der Waals surface area contributed by atoms with E-state index in [1.807, 2.05) is 6.79 Å². The lowest BCUT2D eigenvalue weighted by Crippen LogP contribution is -1.95. The molecule has 0 saturated heterocycles. The molecule has 0 rings (SSSR count). The zero-order valence-electron chi connectivity index (χ0n) is 4.05. The highest BCUT2D eigenvalue weighted by atomic mass is 32.3. The van der Waals surface area contributed by atoms with Crippen LogP contribution in [0.4, 0.5) is 0 Å². The minimum Gasteiger partial charge on any atom is -0.307 e. The van der Waals surface area contributed by atoms with Gasteiger partial charge in [0.15, 0.2) is 5.34 Å². The minimum absolute atomic E-state index is 1.42. The summed E-state index contributed by atoms with van der Waals surface area (Å²) in [6.45, 7) is 2.00. The molecule has 8 heteroatoms. The molecule has 0 unspecified atom stereocenters. The van der Waals surface area contributed by atoms with Crippen LogP contribution in [0.3, 0.4) is 0 Å². The predicted molar refractivity (Wildman–Crippen MR) is 25.5 cm³/mol. The first-order valence-corrected chi connectivity index (χ1v) is 2.70. The zero-order valence-corrected chi connectivity index (χ0v) is 4.87.